The molecule has 0 aliphatic heterocycles. The molecule has 0 amide bonds. The second-order valence-corrected chi connectivity index (χ2v) is 16.2. The number of fused-ring (bicyclic) bond motifs is 4. The SMILES string of the molecule is CC(C)=CCC[C@@H](C)[C@H]1CC[C@@]2(C)C3=C(CC[C@]12C)[C@@]1(C)CCC(OC(=O)[C@H](O)[C@@H](O)[C@H](O)[C@H](O)CO)C(C)(C)C1CC3. The van der Waals surface area contributed by atoms with E-state index in [1.807, 2.05) is 0 Å². The Balaban J connectivity index is 1.53. The largest absolute Gasteiger partial charge is 0.460 e. The van der Waals surface area contributed by atoms with Gasteiger partial charge in [0, 0.05) is 5.41 Å². The smallest absolute Gasteiger partial charge is 0.338 e. The first-order valence-electron chi connectivity index (χ1n) is 16.9. The molecule has 2 unspecified atom stereocenters. The summed E-state index contributed by atoms with van der Waals surface area (Å²) >= 11 is 0. The number of hydrogen-bond acceptors (Lipinski definition) is 7. The summed E-state index contributed by atoms with van der Waals surface area (Å²) in [6.07, 6.45) is 5.48. The highest BCUT2D eigenvalue weighted by Crippen LogP contribution is 2.72. The molecule has 11 atom stereocenters. The lowest BCUT2D eigenvalue weighted by Gasteiger charge is -2.62. The molecule has 7 nitrogen and oxygen atoms in total. The van der Waals surface area contributed by atoms with Gasteiger partial charge in [0.25, 0.3) is 0 Å². The van der Waals surface area contributed by atoms with Crippen LogP contribution in [0, 0.1) is 39.4 Å². The lowest BCUT2D eigenvalue weighted by atomic mass is 9.43. The maximum atomic E-state index is 12.9. The number of carbonyl (C=O) groups is 1. The highest BCUT2D eigenvalue weighted by Gasteiger charge is 2.63. The van der Waals surface area contributed by atoms with E-state index >= 15 is 0 Å². The maximum Gasteiger partial charge on any atom is 0.338 e. The Labute approximate surface area is 259 Å². The van der Waals surface area contributed by atoms with Gasteiger partial charge in [-0.2, -0.15) is 0 Å². The number of carbonyl (C=O) groups excluding carboxylic acids is 1. The highest BCUT2D eigenvalue weighted by atomic mass is 16.6. The summed E-state index contributed by atoms with van der Waals surface area (Å²) in [5.74, 6) is 0.753. The van der Waals surface area contributed by atoms with Gasteiger partial charge in [0.15, 0.2) is 6.10 Å². The molecule has 2 saturated carbocycles. The molecule has 0 radical (unpaired) electrons. The molecule has 0 spiro atoms. The molecular weight excluding hydrogens is 544 g/mol. The Morgan fingerprint density at radius 3 is 2.23 bits per heavy atom. The summed E-state index contributed by atoms with van der Waals surface area (Å²) in [7, 11) is 0. The predicted molar refractivity (Wildman–Crippen MR) is 168 cm³/mol. The topological polar surface area (TPSA) is 127 Å². The fourth-order valence-corrected chi connectivity index (χ4v) is 10.5. The maximum absolute atomic E-state index is 12.9. The molecule has 5 N–H and O–H groups in total. The zero-order valence-electron chi connectivity index (χ0n) is 28.0. The van der Waals surface area contributed by atoms with Crippen LogP contribution >= 0.6 is 0 Å². The predicted octanol–water partition coefficient (Wildman–Crippen LogP) is 5.47. The molecule has 7 heteroatoms. The Morgan fingerprint density at radius 1 is 0.930 bits per heavy atom. The minimum Gasteiger partial charge on any atom is -0.460 e. The van der Waals surface area contributed by atoms with Crippen LogP contribution in [0.15, 0.2) is 22.8 Å². The van der Waals surface area contributed by atoms with Crippen molar-refractivity contribution in [2.45, 2.75) is 150 Å². The number of hydrogen-bond donors (Lipinski definition) is 5. The molecule has 0 saturated heterocycles. The van der Waals surface area contributed by atoms with Gasteiger partial charge in [0.1, 0.15) is 24.4 Å². The molecule has 246 valence electrons. The summed E-state index contributed by atoms with van der Waals surface area (Å²) in [4.78, 5) is 12.9. The third-order valence-corrected chi connectivity index (χ3v) is 13.4. The lowest BCUT2D eigenvalue weighted by molar-refractivity contribution is -0.190. The third kappa shape index (κ3) is 5.80. The van der Waals surface area contributed by atoms with Crippen molar-refractivity contribution in [3.63, 3.8) is 0 Å². The van der Waals surface area contributed by atoms with Crippen LogP contribution in [0.3, 0.4) is 0 Å². The molecule has 0 aromatic rings. The van der Waals surface area contributed by atoms with Crippen molar-refractivity contribution in [3.8, 4) is 0 Å². The van der Waals surface area contributed by atoms with Gasteiger partial charge in [-0.15, -0.1) is 0 Å². The van der Waals surface area contributed by atoms with E-state index < -0.39 is 43.1 Å². The fraction of sp³-hybridized carbons (Fsp3) is 0.861. The Hall–Kier alpha value is -1.25. The van der Waals surface area contributed by atoms with E-state index in [1.54, 1.807) is 11.1 Å². The third-order valence-electron chi connectivity index (χ3n) is 13.4. The summed E-state index contributed by atoms with van der Waals surface area (Å²) in [5.41, 5.74) is 5.00. The molecule has 0 bridgehead atoms. The molecule has 4 rings (SSSR count). The summed E-state index contributed by atoms with van der Waals surface area (Å²) in [6, 6.07) is 0. The van der Waals surface area contributed by atoms with Gasteiger partial charge in [-0.3, -0.25) is 0 Å². The number of rotatable bonds is 10. The normalized spacial score (nSPS) is 38.6. The van der Waals surface area contributed by atoms with Gasteiger partial charge in [-0.1, -0.05) is 64.3 Å². The zero-order chi connectivity index (χ0) is 32.1. The van der Waals surface area contributed by atoms with Crippen molar-refractivity contribution in [1.82, 2.24) is 0 Å². The second-order valence-electron chi connectivity index (χ2n) is 16.2. The molecule has 43 heavy (non-hydrogen) atoms. The van der Waals surface area contributed by atoms with Crippen LogP contribution in [-0.4, -0.2) is 68.6 Å². The van der Waals surface area contributed by atoms with Gasteiger partial charge in [-0.05, 0) is 112 Å². The minimum atomic E-state index is -2.02. The van der Waals surface area contributed by atoms with Crippen LogP contribution in [0.25, 0.3) is 0 Å². The van der Waals surface area contributed by atoms with E-state index in [4.69, 9.17) is 9.84 Å². The Kier molecular flexibility index (Phi) is 10.1. The van der Waals surface area contributed by atoms with Gasteiger partial charge in [0.05, 0.1) is 6.61 Å². The Morgan fingerprint density at radius 2 is 1.60 bits per heavy atom. The number of ether oxygens (including phenoxy) is 1. The van der Waals surface area contributed by atoms with Crippen molar-refractivity contribution in [2.75, 3.05) is 6.61 Å². The van der Waals surface area contributed by atoms with Crippen LogP contribution in [0.1, 0.15) is 120 Å². The summed E-state index contributed by atoms with van der Waals surface area (Å²) < 4.78 is 5.85. The number of esters is 1. The van der Waals surface area contributed by atoms with E-state index in [-0.39, 0.29) is 16.2 Å². The average molecular weight is 605 g/mol. The van der Waals surface area contributed by atoms with E-state index in [0.29, 0.717) is 23.7 Å². The van der Waals surface area contributed by atoms with Gasteiger partial charge < -0.3 is 30.3 Å². The van der Waals surface area contributed by atoms with E-state index in [9.17, 15) is 25.2 Å². The number of aliphatic hydroxyl groups excluding tert-OH is 5. The van der Waals surface area contributed by atoms with Crippen LogP contribution in [0.2, 0.25) is 0 Å². The first kappa shape index (κ1) is 34.6. The highest BCUT2D eigenvalue weighted by molar-refractivity contribution is 5.75. The number of aliphatic hydroxyl groups is 5. The van der Waals surface area contributed by atoms with Crippen LogP contribution in [0.5, 0.6) is 0 Å². The zero-order valence-corrected chi connectivity index (χ0v) is 28.0. The van der Waals surface area contributed by atoms with Gasteiger partial charge in [-0.25, -0.2) is 4.79 Å². The van der Waals surface area contributed by atoms with Crippen LogP contribution in [0.4, 0.5) is 0 Å². The second kappa shape index (κ2) is 12.5. The number of allylic oxidation sites excluding steroid dienone is 4. The molecule has 0 aromatic heterocycles. The average Bonchev–Trinajstić information content (AvgIpc) is 3.23. The van der Waals surface area contributed by atoms with Crippen LogP contribution in [-0.2, 0) is 9.53 Å². The van der Waals surface area contributed by atoms with Crippen LogP contribution < -0.4 is 0 Å². The van der Waals surface area contributed by atoms with Crippen molar-refractivity contribution in [3.05, 3.63) is 22.8 Å². The molecule has 0 aromatic carbocycles. The van der Waals surface area contributed by atoms with Crippen molar-refractivity contribution in [2.24, 2.45) is 39.4 Å². The van der Waals surface area contributed by atoms with Crippen molar-refractivity contribution >= 4 is 5.97 Å². The summed E-state index contributed by atoms with van der Waals surface area (Å²) in [5, 5.41) is 49.3. The first-order chi connectivity index (χ1) is 20.0. The van der Waals surface area contributed by atoms with Gasteiger partial charge in [0.2, 0.25) is 0 Å². The molecular formula is C36H60O7. The lowest BCUT2D eigenvalue weighted by Crippen LogP contribution is -2.57. The van der Waals surface area contributed by atoms with Gasteiger partial charge >= 0.3 is 5.97 Å². The minimum absolute atomic E-state index is 0.0248. The fourth-order valence-electron chi connectivity index (χ4n) is 10.5. The van der Waals surface area contributed by atoms with E-state index in [2.05, 4.69) is 61.5 Å². The molecule has 4 aliphatic carbocycles. The van der Waals surface area contributed by atoms with E-state index in [0.717, 1.165) is 31.6 Å². The first-order valence-corrected chi connectivity index (χ1v) is 16.9. The molecule has 4 aliphatic rings. The Bertz CT molecular complexity index is 1090. The standard InChI is InChI=1S/C36H60O7/c1-21(2)10-9-11-22(3)23-14-18-36(8)25-12-13-27-33(4,5)28(16-17-34(27,6)24(25)15-19-35(23,36)7)43-32(42)31(41)30(40)29(39)26(38)20-37/h10,22-23,26-31,37-41H,9,11-20H2,1-8H3/t22-,23-,26-,27?,28?,29-,30+,31-,34-,35-,36+/m1/s1. The summed E-state index contributed by atoms with van der Waals surface area (Å²) in [6.45, 7) is 18.0. The monoisotopic (exact) mass is 604 g/mol. The quantitative estimate of drug-likeness (QED) is 0.165. The van der Waals surface area contributed by atoms with Crippen molar-refractivity contribution in [1.29, 1.82) is 0 Å². The molecule has 2 fully saturated rings. The van der Waals surface area contributed by atoms with E-state index in [1.165, 1.54) is 37.7 Å². The van der Waals surface area contributed by atoms with Crippen molar-refractivity contribution < 1.29 is 35.1 Å². The molecule has 0 heterocycles.